The van der Waals surface area contributed by atoms with Crippen LogP contribution in [0.4, 0.5) is 5.82 Å². The van der Waals surface area contributed by atoms with E-state index in [1.807, 2.05) is 10.9 Å². The lowest BCUT2D eigenvalue weighted by Gasteiger charge is -2.39. The number of hydrogen-bond donors (Lipinski definition) is 0. The van der Waals surface area contributed by atoms with Gasteiger partial charge in [0.1, 0.15) is 0 Å². The van der Waals surface area contributed by atoms with Crippen LogP contribution in [0.5, 0.6) is 0 Å². The molecule has 2 atom stereocenters. The lowest BCUT2D eigenvalue weighted by molar-refractivity contribution is 0.313. The lowest BCUT2D eigenvalue weighted by atomic mass is 9.97. The maximum Gasteiger partial charge on any atom is 0.293 e. The zero-order valence-electron chi connectivity index (χ0n) is 12.4. The summed E-state index contributed by atoms with van der Waals surface area (Å²) < 4.78 is 3.57. The molecule has 116 valence electrons. The molecule has 0 radical (unpaired) electrons. The van der Waals surface area contributed by atoms with Crippen LogP contribution in [0.15, 0.2) is 29.6 Å². The highest BCUT2D eigenvalue weighted by Gasteiger charge is 2.43. The van der Waals surface area contributed by atoms with Gasteiger partial charge in [0.25, 0.3) is 5.56 Å². The minimum Gasteiger partial charge on any atom is -0.346 e. The summed E-state index contributed by atoms with van der Waals surface area (Å²) in [4.78, 5) is 19.0. The molecule has 0 spiro atoms. The summed E-state index contributed by atoms with van der Waals surface area (Å²) in [5, 5.41) is 5.02. The predicted molar refractivity (Wildman–Crippen MR) is 84.3 cm³/mol. The van der Waals surface area contributed by atoms with Gasteiger partial charge >= 0.3 is 0 Å². The maximum atomic E-state index is 12.4. The van der Waals surface area contributed by atoms with Crippen LogP contribution in [0.3, 0.4) is 0 Å². The number of nitrogens with zero attached hydrogens (tertiary/aromatic N) is 5. The second-order valence-electron chi connectivity index (χ2n) is 6.22. The molecule has 0 saturated carbocycles. The molecule has 2 aromatic heterocycles. The van der Waals surface area contributed by atoms with Crippen molar-refractivity contribution in [3.8, 4) is 0 Å². The molecule has 0 amide bonds. The minimum atomic E-state index is -0.0139. The molecule has 2 aliphatic rings. The van der Waals surface area contributed by atoms with E-state index >= 15 is 0 Å². The Labute approximate surface area is 133 Å². The van der Waals surface area contributed by atoms with E-state index in [1.165, 1.54) is 0 Å². The molecule has 2 saturated heterocycles. The first-order chi connectivity index (χ1) is 10.6. The number of piperidine rings is 1. The van der Waals surface area contributed by atoms with Gasteiger partial charge in [0.05, 0.1) is 17.3 Å². The van der Waals surface area contributed by atoms with Gasteiger partial charge in [-0.25, -0.2) is 4.98 Å². The number of anilines is 1. The lowest BCUT2D eigenvalue weighted by Crippen LogP contribution is -2.46. The molecule has 2 fully saturated rings. The normalized spacial score (nSPS) is 27.4. The molecule has 0 aromatic carbocycles. The molecule has 6 nitrogen and oxygen atoms in total. The Morgan fingerprint density at radius 1 is 1.23 bits per heavy atom. The van der Waals surface area contributed by atoms with Crippen molar-refractivity contribution in [1.82, 2.24) is 19.3 Å². The monoisotopic (exact) mass is 319 g/mol. The number of aryl methyl sites for hydroxylation is 1. The Morgan fingerprint density at radius 2 is 1.95 bits per heavy atom. The van der Waals surface area contributed by atoms with E-state index < -0.39 is 0 Å². The van der Waals surface area contributed by atoms with E-state index in [1.54, 1.807) is 30.2 Å². The van der Waals surface area contributed by atoms with Crippen LogP contribution in [0, 0.1) is 0 Å². The molecule has 0 N–H and O–H groups in total. The second-order valence-corrected chi connectivity index (χ2v) is 6.66. The van der Waals surface area contributed by atoms with E-state index in [-0.39, 0.29) is 5.56 Å². The minimum absolute atomic E-state index is 0.0139. The molecule has 4 heterocycles. The van der Waals surface area contributed by atoms with Crippen molar-refractivity contribution in [3.05, 3.63) is 40.2 Å². The Balaban J connectivity index is 1.64. The third-order valence-electron chi connectivity index (χ3n) is 4.90. The van der Waals surface area contributed by atoms with Crippen LogP contribution in [0.1, 0.15) is 31.7 Å². The Bertz CT molecular complexity index is 740. The van der Waals surface area contributed by atoms with Crippen LogP contribution in [-0.4, -0.2) is 31.4 Å². The summed E-state index contributed by atoms with van der Waals surface area (Å²) in [6, 6.07) is 1.07. The van der Waals surface area contributed by atoms with Crippen molar-refractivity contribution in [2.75, 3.05) is 4.90 Å². The van der Waals surface area contributed by atoms with Crippen molar-refractivity contribution in [2.24, 2.45) is 7.05 Å². The van der Waals surface area contributed by atoms with E-state index in [2.05, 4.69) is 15.0 Å². The van der Waals surface area contributed by atoms with Crippen LogP contribution in [0.25, 0.3) is 0 Å². The van der Waals surface area contributed by atoms with Gasteiger partial charge in [0.2, 0.25) is 0 Å². The van der Waals surface area contributed by atoms with Gasteiger partial charge in [-0.3, -0.25) is 9.48 Å². The Morgan fingerprint density at radius 3 is 2.59 bits per heavy atom. The number of halogens is 1. The summed E-state index contributed by atoms with van der Waals surface area (Å²) in [7, 11) is 1.77. The quantitative estimate of drug-likeness (QED) is 0.849. The van der Waals surface area contributed by atoms with Crippen LogP contribution >= 0.6 is 11.6 Å². The smallest absolute Gasteiger partial charge is 0.293 e. The SMILES string of the molecule is Cn1ccnc(N2C3CCC2CC(n2cc(Cl)cn2)C3)c1=O. The third kappa shape index (κ3) is 2.13. The van der Waals surface area contributed by atoms with Gasteiger partial charge in [-0.15, -0.1) is 0 Å². The number of aromatic nitrogens is 4. The highest BCUT2D eigenvalue weighted by molar-refractivity contribution is 6.30. The molecule has 2 bridgehead atoms. The highest BCUT2D eigenvalue weighted by Crippen LogP contribution is 2.41. The first kappa shape index (κ1) is 13.8. The topological polar surface area (TPSA) is 56.0 Å². The first-order valence-corrected chi connectivity index (χ1v) is 8.01. The van der Waals surface area contributed by atoms with Gasteiger partial charge < -0.3 is 9.47 Å². The van der Waals surface area contributed by atoms with E-state index in [4.69, 9.17) is 11.6 Å². The van der Waals surface area contributed by atoms with Gasteiger partial charge in [0, 0.05) is 37.7 Å². The van der Waals surface area contributed by atoms with Gasteiger partial charge in [0.15, 0.2) is 5.82 Å². The maximum absolute atomic E-state index is 12.4. The molecular formula is C15H18ClN5O. The average Bonchev–Trinajstić information content (AvgIpc) is 3.03. The van der Waals surface area contributed by atoms with E-state index in [9.17, 15) is 4.79 Å². The molecule has 0 aliphatic carbocycles. The van der Waals surface area contributed by atoms with Gasteiger partial charge in [-0.1, -0.05) is 11.6 Å². The zero-order valence-corrected chi connectivity index (χ0v) is 13.1. The predicted octanol–water partition coefficient (Wildman–Crippen LogP) is 2.00. The highest BCUT2D eigenvalue weighted by atomic mass is 35.5. The molecule has 4 rings (SSSR count). The van der Waals surface area contributed by atoms with Crippen LogP contribution in [0.2, 0.25) is 5.02 Å². The fourth-order valence-corrected chi connectivity index (χ4v) is 4.03. The fraction of sp³-hybridized carbons (Fsp3) is 0.533. The summed E-state index contributed by atoms with van der Waals surface area (Å²) in [6.45, 7) is 0. The summed E-state index contributed by atoms with van der Waals surface area (Å²) in [6.07, 6.45) is 11.2. The molecule has 7 heteroatoms. The average molecular weight is 320 g/mol. The molecular weight excluding hydrogens is 302 g/mol. The van der Waals surface area contributed by atoms with Crippen molar-refractivity contribution >= 4 is 17.4 Å². The van der Waals surface area contributed by atoms with Crippen molar-refractivity contribution in [1.29, 1.82) is 0 Å². The van der Waals surface area contributed by atoms with Crippen LogP contribution in [-0.2, 0) is 7.05 Å². The van der Waals surface area contributed by atoms with E-state index in [0.29, 0.717) is 29.0 Å². The molecule has 2 aliphatic heterocycles. The summed E-state index contributed by atoms with van der Waals surface area (Å²) in [5.41, 5.74) is -0.0139. The first-order valence-electron chi connectivity index (χ1n) is 7.63. The number of rotatable bonds is 2. The van der Waals surface area contributed by atoms with Crippen molar-refractivity contribution in [2.45, 2.75) is 43.8 Å². The summed E-state index contributed by atoms with van der Waals surface area (Å²) in [5.74, 6) is 0.592. The zero-order chi connectivity index (χ0) is 15.3. The Kier molecular flexibility index (Phi) is 3.22. The van der Waals surface area contributed by atoms with Gasteiger partial charge in [-0.05, 0) is 25.7 Å². The molecule has 2 aromatic rings. The second kappa shape index (κ2) is 5.12. The van der Waals surface area contributed by atoms with E-state index in [0.717, 1.165) is 25.7 Å². The van der Waals surface area contributed by atoms with Gasteiger partial charge in [-0.2, -0.15) is 5.10 Å². The molecule has 22 heavy (non-hydrogen) atoms. The number of fused-ring (bicyclic) bond motifs is 2. The molecule has 2 unspecified atom stereocenters. The van der Waals surface area contributed by atoms with Crippen LogP contribution < -0.4 is 10.5 Å². The largest absolute Gasteiger partial charge is 0.346 e. The number of hydrogen-bond acceptors (Lipinski definition) is 4. The standard InChI is InChI=1S/C15H18ClN5O/c1-19-5-4-17-14(15(19)22)21-11-2-3-12(21)7-13(6-11)20-9-10(16)8-18-20/h4-5,8-9,11-13H,2-3,6-7H2,1H3. The fourth-order valence-electron chi connectivity index (χ4n) is 3.89. The summed E-state index contributed by atoms with van der Waals surface area (Å²) >= 11 is 5.98. The third-order valence-corrected chi connectivity index (χ3v) is 5.09. The van der Waals surface area contributed by atoms with Crippen molar-refractivity contribution < 1.29 is 0 Å². The van der Waals surface area contributed by atoms with Crippen molar-refractivity contribution in [3.63, 3.8) is 0 Å². The Hall–Kier alpha value is -1.82.